The van der Waals surface area contributed by atoms with Crippen LogP contribution < -0.4 is 14.8 Å². The summed E-state index contributed by atoms with van der Waals surface area (Å²) in [6.07, 6.45) is 4.14. The third kappa shape index (κ3) is 3.66. The van der Waals surface area contributed by atoms with E-state index in [1.165, 1.54) is 17.5 Å². The van der Waals surface area contributed by atoms with Gasteiger partial charge in [-0.2, -0.15) is 0 Å². The van der Waals surface area contributed by atoms with E-state index in [0.717, 1.165) is 43.9 Å². The number of piperidine rings is 1. The average Bonchev–Trinajstić information content (AvgIpc) is 2.62. The van der Waals surface area contributed by atoms with E-state index in [0.29, 0.717) is 19.8 Å². The number of fused-ring (bicyclic) bond motifs is 1. The van der Waals surface area contributed by atoms with Crippen molar-refractivity contribution in [2.75, 3.05) is 26.3 Å². The number of benzene rings is 1. The molecule has 1 fully saturated rings. The van der Waals surface area contributed by atoms with Gasteiger partial charge in [0.15, 0.2) is 11.5 Å². The Morgan fingerprint density at radius 3 is 2.50 bits per heavy atom. The summed E-state index contributed by atoms with van der Waals surface area (Å²) in [5.41, 5.74) is 2.44. The second-order valence-electron chi connectivity index (χ2n) is 6.45. The van der Waals surface area contributed by atoms with E-state index in [1.54, 1.807) is 0 Å². The fourth-order valence-corrected chi connectivity index (χ4v) is 3.57. The molecule has 1 aromatic carbocycles. The highest BCUT2D eigenvalue weighted by Crippen LogP contribution is 2.34. The highest BCUT2D eigenvalue weighted by Gasteiger charge is 2.29. The van der Waals surface area contributed by atoms with Gasteiger partial charge in [0.25, 0.3) is 0 Å². The quantitative estimate of drug-likeness (QED) is 0.900. The molecule has 0 aromatic heterocycles. The molecule has 5 heteroatoms. The Hall–Kier alpha value is -1.75. The lowest BCUT2D eigenvalue weighted by Gasteiger charge is -2.34. The number of carbonyl (C=O) groups is 1. The lowest BCUT2D eigenvalue weighted by atomic mass is 9.97. The van der Waals surface area contributed by atoms with E-state index < -0.39 is 0 Å². The van der Waals surface area contributed by atoms with E-state index in [4.69, 9.17) is 9.47 Å². The maximum absolute atomic E-state index is 12.8. The Morgan fingerprint density at radius 1 is 1.17 bits per heavy atom. The Bertz CT molecular complexity index is 582. The Kier molecular flexibility index (Phi) is 5.61. The standard InChI is InChI=1S/C19H28N2O3/c1-3-23-17-11-14-8-10-21(13-15(14)12-18(17)24-4-2)19(22)16-7-5-6-9-20-16/h11-12,16,20H,3-10,13H2,1-2H3. The van der Waals surface area contributed by atoms with Gasteiger partial charge >= 0.3 is 0 Å². The highest BCUT2D eigenvalue weighted by atomic mass is 16.5. The van der Waals surface area contributed by atoms with Crippen LogP contribution in [0, 0.1) is 0 Å². The molecule has 0 radical (unpaired) electrons. The number of hydrogen-bond donors (Lipinski definition) is 1. The van der Waals surface area contributed by atoms with Gasteiger partial charge in [0.2, 0.25) is 5.91 Å². The molecule has 2 aliphatic rings. The summed E-state index contributed by atoms with van der Waals surface area (Å²) in [4.78, 5) is 14.7. The Labute approximate surface area is 144 Å². The van der Waals surface area contributed by atoms with Crippen LogP contribution in [0.2, 0.25) is 0 Å². The van der Waals surface area contributed by atoms with Gasteiger partial charge < -0.3 is 19.7 Å². The minimum Gasteiger partial charge on any atom is -0.490 e. The van der Waals surface area contributed by atoms with Crippen LogP contribution in [0.15, 0.2) is 12.1 Å². The monoisotopic (exact) mass is 332 g/mol. The summed E-state index contributed by atoms with van der Waals surface area (Å²) in [6, 6.07) is 4.14. The van der Waals surface area contributed by atoms with Crippen LogP contribution in [0.1, 0.15) is 44.2 Å². The molecule has 0 aliphatic carbocycles. The van der Waals surface area contributed by atoms with Gasteiger partial charge in [-0.1, -0.05) is 6.42 Å². The van der Waals surface area contributed by atoms with Crippen LogP contribution in [0.25, 0.3) is 0 Å². The van der Waals surface area contributed by atoms with Crippen LogP contribution in [0.4, 0.5) is 0 Å². The van der Waals surface area contributed by atoms with Crippen molar-refractivity contribution in [3.05, 3.63) is 23.3 Å². The summed E-state index contributed by atoms with van der Waals surface area (Å²) in [7, 11) is 0. The predicted molar refractivity (Wildman–Crippen MR) is 93.5 cm³/mol. The number of ether oxygens (including phenoxy) is 2. The molecule has 0 spiro atoms. The first-order valence-corrected chi connectivity index (χ1v) is 9.16. The van der Waals surface area contributed by atoms with Crippen molar-refractivity contribution in [2.24, 2.45) is 0 Å². The second-order valence-corrected chi connectivity index (χ2v) is 6.45. The fourth-order valence-electron chi connectivity index (χ4n) is 3.57. The maximum atomic E-state index is 12.8. The number of carbonyl (C=O) groups excluding carboxylic acids is 1. The summed E-state index contributed by atoms with van der Waals surface area (Å²) < 4.78 is 11.4. The van der Waals surface area contributed by atoms with Gasteiger partial charge in [-0.05, 0) is 62.9 Å². The second kappa shape index (κ2) is 7.88. The fraction of sp³-hybridized carbons (Fsp3) is 0.632. The van der Waals surface area contributed by atoms with Crippen molar-refractivity contribution >= 4 is 5.91 Å². The summed E-state index contributed by atoms with van der Waals surface area (Å²) in [5.74, 6) is 1.84. The van der Waals surface area contributed by atoms with E-state index in [2.05, 4.69) is 17.4 Å². The Balaban J connectivity index is 1.76. The molecule has 132 valence electrons. The Morgan fingerprint density at radius 2 is 1.88 bits per heavy atom. The van der Waals surface area contributed by atoms with Crippen molar-refractivity contribution in [3.63, 3.8) is 0 Å². The third-order valence-corrected chi connectivity index (χ3v) is 4.80. The van der Waals surface area contributed by atoms with E-state index >= 15 is 0 Å². The first kappa shape index (κ1) is 17.1. The van der Waals surface area contributed by atoms with Crippen molar-refractivity contribution in [1.82, 2.24) is 10.2 Å². The minimum atomic E-state index is -0.00522. The molecule has 5 nitrogen and oxygen atoms in total. The van der Waals surface area contributed by atoms with Crippen LogP contribution in [0.5, 0.6) is 11.5 Å². The van der Waals surface area contributed by atoms with Crippen molar-refractivity contribution < 1.29 is 14.3 Å². The summed E-state index contributed by atoms with van der Waals surface area (Å²) in [5, 5.41) is 3.36. The number of amides is 1. The van der Waals surface area contributed by atoms with Crippen molar-refractivity contribution in [2.45, 2.75) is 52.1 Å². The normalized spacial score (nSPS) is 20.4. The largest absolute Gasteiger partial charge is 0.490 e. The molecule has 1 saturated heterocycles. The summed E-state index contributed by atoms with van der Waals surface area (Å²) in [6.45, 7) is 7.58. The van der Waals surface area contributed by atoms with Crippen LogP contribution in [-0.2, 0) is 17.8 Å². The molecule has 2 aliphatic heterocycles. The molecule has 0 bridgehead atoms. The van der Waals surface area contributed by atoms with Crippen LogP contribution >= 0.6 is 0 Å². The van der Waals surface area contributed by atoms with Gasteiger partial charge in [-0.15, -0.1) is 0 Å². The molecule has 1 aromatic rings. The van der Waals surface area contributed by atoms with Crippen LogP contribution in [-0.4, -0.2) is 43.2 Å². The molecule has 2 heterocycles. The van der Waals surface area contributed by atoms with Crippen molar-refractivity contribution in [3.8, 4) is 11.5 Å². The molecule has 1 atom stereocenters. The average molecular weight is 332 g/mol. The minimum absolute atomic E-state index is 0.00522. The zero-order valence-electron chi connectivity index (χ0n) is 14.8. The van der Waals surface area contributed by atoms with E-state index in [-0.39, 0.29) is 11.9 Å². The first-order chi connectivity index (χ1) is 11.7. The van der Waals surface area contributed by atoms with Gasteiger partial charge in [-0.3, -0.25) is 4.79 Å². The molecule has 24 heavy (non-hydrogen) atoms. The van der Waals surface area contributed by atoms with E-state index in [9.17, 15) is 4.79 Å². The molecule has 1 N–H and O–H groups in total. The van der Waals surface area contributed by atoms with Gasteiger partial charge in [0, 0.05) is 13.1 Å². The SMILES string of the molecule is CCOc1cc2c(cc1OCC)CN(C(=O)C1CCCCN1)CC2. The number of nitrogens with one attached hydrogen (secondary N) is 1. The molecular weight excluding hydrogens is 304 g/mol. The third-order valence-electron chi connectivity index (χ3n) is 4.80. The zero-order chi connectivity index (χ0) is 16.9. The molecule has 1 unspecified atom stereocenters. The van der Waals surface area contributed by atoms with Gasteiger partial charge in [0.05, 0.1) is 19.3 Å². The zero-order valence-corrected chi connectivity index (χ0v) is 14.8. The summed E-state index contributed by atoms with van der Waals surface area (Å²) >= 11 is 0. The van der Waals surface area contributed by atoms with Gasteiger partial charge in [0.1, 0.15) is 0 Å². The topological polar surface area (TPSA) is 50.8 Å². The number of hydrogen-bond acceptors (Lipinski definition) is 4. The highest BCUT2D eigenvalue weighted by molar-refractivity contribution is 5.82. The van der Waals surface area contributed by atoms with Crippen LogP contribution in [0.3, 0.4) is 0 Å². The lowest BCUT2D eigenvalue weighted by Crippen LogP contribution is -2.49. The smallest absolute Gasteiger partial charge is 0.240 e. The molecule has 1 amide bonds. The lowest BCUT2D eigenvalue weighted by molar-refractivity contribution is -0.135. The maximum Gasteiger partial charge on any atom is 0.240 e. The molecule has 3 rings (SSSR count). The van der Waals surface area contributed by atoms with E-state index in [1.807, 2.05) is 18.7 Å². The number of rotatable bonds is 5. The first-order valence-electron chi connectivity index (χ1n) is 9.16. The van der Waals surface area contributed by atoms with Gasteiger partial charge in [-0.25, -0.2) is 0 Å². The predicted octanol–water partition coefficient (Wildman–Crippen LogP) is 2.51. The van der Waals surface area contributed by atoms with Crippen molar-refractivity contribution in [1.29, 1.82) is 0 Å². The number of nitrogens with zero attached hydrogens (tertiary/aromatic N) is 1. The molecular formula is C19H28N2O3. The molecule has 0 saturated carbocycles.